The van der Waals surface area contributed by atoms with Crippen LogP contribution in [-0.2, 0) is 20.9 Å². The molecule has 0 spiro atoms. The highest BCUT2D eigenvalue weighted by molar-refractivity contribution is 9.10. The smallest absolute Gasteiger partial charge is 0.264 e. The zero-order chi connectivity index (χ0) is 9.90. The van der Waals surface area contributed by atoms with Gasteiger partial charge in [-0.3, -0.25) is 9.17 Å². The standard InChI is InChI=1S/C7H8BrNO3S/c1-13(10,11)12-5-6-2-3-9-4-7(6)8/h2-4H,5H2,1H3. The molecule has 0 unspecified atom stereocenters. The molecule has 0 N–H and O–H groups in total. The first-order chi connectivity index (χ1) is 5.99. The van der Waals surface area contributed by atoms with Crippen LogP contribution in [0.4, 0.5) is 0 Å². The van der Waals surface area contributed by atoms with Crippen LogP contribution < -0.4 is 0 Å². The Kier molecular flexibility index (Phi) is 3.40. The van der Waals surface area contributed by atoms with Gasteiger partial charge in [0.15, 0.2) is 0 Å². The van der Waals surface area contributed by atoms with Crippen molar-refractivity contribution in [1.29, 1.82) is 0 Å². The fourth-order valence-electron chi connectivity index (χ4n) is 0.692. The molecule has 0 atom stereocenters. The monoisotopic (exact) mass is 265 g/mol. The largest absolute Gasteiger partial charge is 0.265 e. The van der Waals surface area contributed by atoms with E-state index in [9.17, 15) is 8.42 Å². The summed E-state index contributed by atoms with van der Waals surface area (Å²) in [4.78, 5) is 3.84. The molecular weight excluding hydrogens is 258 g/mol. The number of rotatable bonds is 3. The van der Waals surface area contributed by atoms with Crippen LogP contribution in [0.25, 0.3) is 0 Å². The molecule has 0 aromatic carbocycles. The minimum Gasteiger partial charge on any atom is -0.265 e. The minimum absolute atomic E-state index is 0.0297. The summed E-state index contributed by atoms with van der Waals surface area (Å²) in [6, 6.07) is 1.69. The van der Waals surface area contributed by atoms with Gasteiger partial charge in [0.1, 0.15) is 0 Å². The Balaban J connectivity index is 2.71. The van der Waals surface area contributed by atoms with Crippen molar-refractivity contribution < 1.29 is 12.6 Å². The van der Waals surface area contributed by atoms with Gasteiger partial charge < -0.3 is 0 Å². The topological polar surface area (TPSA) is 56.3 Å². The van der Waals surface area contributed by atoms with Crippen molar-refractivity contribution >= 4 is 26.0 Å². The molecular formula is C7H8BrNO3S. The fourth-order valence-corrected chi connectivity index (χ4v) is 1.40. The van der Waals surface area contributed by atoms with E-state index >= 15 is 0 Å². The van der Waals surface area contributed by atoms with E-state index in [-0.39, 0.29) is 6.61 Å². The van der Waals surface area contributed by atoms with Gasteiger partial charge >= 0.3 is 0 Å². The molecule has 0 amide bonds. The minimum atomic E-state index is -3.38. The van der Waals surface area contributed by atoms with Crippen LogP contribution in [-0.4, -0.2) is 19.7 Å². The van der Waals surface area contributed by atoms with Crippen LogP contribution in [0, 0.1) is 0 Å². The van der Waals surface area contributed by atoms with Gasteiger partial charge in [0.05, 0.1) is 12.9 Å². The van der Waals surface area contributed by atoms with Gasteiger partial charge in [-0.1, -0.05) is 0 Å². The first-order valence-corrected chi connectivity index (χ1v) is 6.03. The molecule has 0 radical (unpaired) electrons. The Bertz CT molecular complexity index is 390. The van der Waals surface area contributed by atoms with E-state index in [1.54, 1.807) is 18.5 Å². The molecule has 1 aromatic rings. The Labute approximate surface area is 85.2 Å². The molecule has 1 heterocycles. The summed E-state index contributed by atoms with van der Waals surface area (Å²) in [7, 11) is -3.38. The van der Waals surface area contributed by atoms with E-state index in [1.807, 2.05) is 0 Å². The predicted octanol–water partition coefficient (Wildman–Crippen LogP) is 1.32. The average molecular weight is 266 g/mol. The number of halogens is 1. The molecule has 0 bridgehead atoms. The molecule has 0 aliphatic heterocycles. The quantitative estimate of drug-likeness (QED) is 0.774. The second-order valence-electron chi connectivity index (χ2n) is 2.43. The van der Waals surface area contributed by atoms with Crippen LogP contribution >= 0.6 is 15.9 Å². The van der Waals surface area contributed by atoms with Crippen molar-refractivity contribution in [3.8, 4) is 0 Å². The maximum absolute atomic E-state index is 10.7. The summed E-state index contributed by atoms with van der Waals surface area (Å²) >= 11 is 3.23. The number of hydrogen-bond acceptors (Lipinski definition) is 4. The zero-order valence-corrected chi connectivity index (χ0v) is 9.30. The molecule has 0 aliphatic rings. The normalized spacial score (nSPS) is 11.5. The maximum atomic E-state index is 10.7. The molecule has 72 valence electrons. The summed E-state index contributed by atoms with van der Waals surface area (Å²) in [5.74, 6) is 0. The van der Waals surface area contributed by atoms with E-state index in [2.05, 4.69) is 25.1 Å². The van der Waals surface area contributed by atoms with E-state index < -0.39 is 10.1 Å². The second-order valence-corrected chi connectivity index (χ2v) is 4.93. The highest BCUT2D eigenvalue weighted by atomic mass is 79.9. The number of aromatic nitrogens is 1. The zero-order valence-electron chi connectivity index (χ0n) is 6.90. The van der Waals surface area contributed by atoms with Gasteiger partial charge in [0.2, 0.25) is 0 Å². The molecule has 1 rings (SSSR count). The van der Waals surface area contributed by atoms with Crippen LogP contribution in [0.5, 0.6) is 0 Å². The molecule has 0 saturated carbocycles. The van der Waals surface area contributed by atoms with Crippen molar-refractivity contribution in [1.82, 2.24) is 4.98 Å². The highest BCUT2D eigenvalue weighted by Crippen LogP contribution is 2.15. The third kappa shape index (κ3) is 3.84. The third-order valence-electron chi connectivity index (χ3n) is 1.28. The average Bonchev–Trinajstić information content (AvgIpc) is 2.01. The number of pyridine rings is 1. The maximum Gasteiger partial charge on any atom is 0.264 e. The van der Waals surface area contributed by atoms with Crippen LogP contribution in [0.3, 0.4) is 0 Å². The van der Waals surface area contributed by atoms with Gasteiger partial charge in [-0.05, 0) is 27.6 Å². The lowest BCUT2D eigenvalue weighted by molar-refractivity contribution is 0.311. The van der Waals surface area contributed by atoms with Crippen molar-refractivity contribution in [2.24, 2.45) is 0 Å². The SMILES string of the molecule is CS(=O)(=O)OCc1ccncc1Br. The van der Waals surface area contributed by atoms with Gasteiger partial charge in [-0.25, -0.2) is 0 Å². The highest BCUT2D eigenvalue weighted by Gasteiger charge is 2.04. The summed E-state index contributed by atoms with van der Waals surface area (Å²) in [5, 5.41) is 0. The first-order valence-electron chi connectivity index (χ1n) is 3.42. The Hall–Kier alpha value is -0.460. The van der Waals surface area contributed by atoms with Gasteiger partial charge in [0, 0.05) is 16.9 Å². The van der Waals surface area contributed by atoms with E-state index in [0.29, 0.717) is 0 Å². The molecule has 1 aromatic heterocycles. The Morgan fingerprint density at radius 3 is 2.85 bits per heavy atom. The van der Waals surface area contributed by atoms with Gasteiger partial charge in [-0.15, -0.1) is 0 Å². The summed E-state index contributed by atoms with van der Waals surface area (Å²) in [6.45, 7) is 0.0297. The lowest BCUT2D eigenvalue weighted by atomic mass is 10.3. The molecule has 0 aliphatic carbocycles. The third-order valence-corrected chi connectivity index (χ3v) is 2.54. The van der Waals surface area contributed by atoms with Gasteiger partial charge in [-0.2, -0.15) is 8.42 Å². The number of hydrogen-bond donors (Lipinski definition) is 0. The molecule has 6 heteroatoms. The molecule has 0 saturated heterocycles. The lowest BCUT2D eigenvalue weighted by Gasteiger charge is -2.02. The van der Waals surface area contributed by atoms with Crippen LogP contribution in [0.2, 0.25) is 0 Å². The van der Waals surface area contributed by atoms with E-state index in [4.69, 9.17) is 0 Å². The van der Waals surface area contributed by atoms with E-state index in [1.165, 1.54) is 0 Å². The first kappa shape index (κ1) is 10.6. The van der Waals surface area contributed by atoms with Crippen molar-refractivity contribution in [2.75, 3.05) is 6.26 Å². The Morgan fingerprint density at radius 2 is 2.31 bits per heavy atom. The van der Waals surface area contributed by atoms with Gasteiger partial charge in [0.25, 0.3) is 10.1 Å². The lowest BCUT2D eigenvalue weighted by Crippen LogP contribution is -2.03. The Morgan fingerprint density at radius 1 is 1.62 bits per heavy atom. The molecule has 4 nitrogen and oxygen atoms in total. The molecule has 0 fully saturated rings. The van der Waals surface area contributed by atoms with Crippen molar-refractivity contribution in [3.63, 3.8) is 0 Å². The van der Waals surface area contributed by atoms with Crippen LogP contribution in [0.1, 0.15) is 5.56 Å². The summed E-state index contributed by atoms with van der Waals surface area (Å²) in [5.41, 5.74) is 0.750. The summed E-state index contributed by atoms with van der Waals surface area (Å²) < 4.78 is 26.7. The second kappa shape index (κ2) is 4.17. The van der Waals surface area contributed by atoms with Crippen molar-refractivity contribution in [2.45, 2.75) is 6.61 Å². The summed E-state index contributed by atoms with van der Waals surface area (Å²) in [6.07, 6.45) is 4.18. The molecule has 13 heavy (non-hydrogen) atoms. The fraction of sp³-hybridized carbons (Fsp3) is 0.286. The van der Waals surface area contributed by atoms with Crippen LogP contribution in [0.15, 0.2) is 22.9 Å². The van der Waals surface area contributed by atoms with E-state index in [0.717, 1.165) is 16.3 Å². The number of nitrogens with zero attached hydrogens (tertiary/aromatic N) is 1. The van der Waals surface area contributed by atoms with Crippen molar-refractivity contribution in [3.05, 3.63) is 28.5 Å². The predicted molar refractivity (Wildman–Crippen MR) is 51.6 cm³/mol.